The first-order chi connectivity index (χ1) is 9.43. The number of piperazine rings is 1. The van der Waals surface area contributed by atoms with E-state index in [2.05, 4.69) is 21.2 Å². The van der Waals surface area contributed by atoms with Crippen LogP contribution in [-0.4, -0.2) is 35.2 Å². The molecule has 1 atom stereocenters. The molecular formula is C14H15BrN2O3. The Morgan fingerprint density at radius 1 is 1.45 bits per heavy atom. The molecule has 5 nitrogen and oxygen atoms in total. The molecule has 20 heavy (non-hydrogen) atoms. The standard InChI is InChI=1S/C14H15BrN2O3/c1-3-11-13(19)16-12(18)7-17(11)14(20)9-5-4-8(2)6-10(9)15/h4-6,11H,3,7H2,1-2H3,(H,16,18,19). The van der Waals surface area contributed by atoms with Crippen LogP contribution in [0.1, 0.15) is 29.3 Å². The minimum Gasteiger partial charge on any atom is -0.317 e. The number of nitrogens with one attached hydrogen (secondary N) is 1. The fraction of sp³-hybridized carbons (Fsp3) is 0.357. The van der Waals surface area contributed by atoms with Crippen molar-refractivity contribution >= 4 is 33.7 Å². The maximum atomic E-state index is 12.6. The number of aryl methyl sites for hydroxylation is 1. The number of hydrogen-bond donors (Lipinski definition) is 1. The molecule has 1 N–H and O–H groups in total. The maximum Gasteiger partial charge on any atom is 0.256 e. The van der Waals surface area contributed by atoms with Gasteiger partial charge in [0.1, 0.15) is 12.6 Å². The molecule has 1 aliphatic heterocycles. The predicted octanol–water partition coefficient (Wildman–Crippen LogP) is 1.63. The third kappa shape index (κ3) is 2.75. The van der Waals surface area contributed by atoms with E-state index >= 15 is 0 Å². The van der Waals surface area contributed by atoms with E-state index in [9.17, 15) is 14.4 Å². The Morgan fingerprint density at radius 2 is 2.15 bits per heavy atom. The summed E-state index contributed by atoms with van der Waals surface area (Å²) in [5, 5.41) is 2.26. The van der Waals surface area contributed by atoms with E-state index in [4.69, 9.17) is 0 Å². The van der Waals surface area contributed by atoms with Gasteiger partial charge in [-0.2, -0.15) is 0 Å². The summed E-state index contributed by atoms with van der Waals surface area (Å²) in [6.45, 7) is 3.64. The van der Waals surface area contributed by atoms with Crippen molar-refractivity contribution in [3.05, 3.63) is 33.8 Å². The van der Waals surface area contributed by atoms with Gasteiger partial charge in [0.05, 0.1) is 5.56 Å². The second kappa shape index (κ2) is 5.75. The van der Waals surface area contributed by atoms with Gasteiger partial charge in [0, 0.05) is 4.47 Å². The average Bonchev–Trinajstić information content (AvgIpc) is 2.37. The Balaban J connectivity index is 2.34. The summed E-state index contributed by atoms with van der Waals surface area (Å²) in [6, 6.07) is 4.75. The van der Waals surface area contributed by atoms with Crippen molar-refractivity contribution in [2.24, 2.45) is 0 Å². The van der Waals surface area contributed by atoms with Gasteiger partial charge in [-0.3, -0.25) is 19.7 Å². The predicted molar refractivity (Wildman–Crippen MR) is 77.1 cm³/mol. The van der Waals surface area contributed by atoms with Gasteiger partial charge >= 0.3 is 0 Å². The first kappa shape index (κ1) is 14.7. The zero-order chi connectivity index (χ0) is 14.9. The number of carbonyl (C=O) groups excluding carboxylic acids is 3. The number of halogens is 1. The van der Waals surface area contributed by atoms with E-state index in [1.165, 1.54) is 4.90 Å². The Kier molecular flexibility index (Phi) is 4.23. The van der Waals surface area contributed by atoms with E-state index in [1.54, 1.807) is 6.07 Å². The van der Waals surface area contributed by atoms with Gasteiger partial charge < -0.3 is 4.90 Å². The minimum absolute atomic E-state index is 0.0939. The SMILES string of the molecule is CCC1C(=O)NC(=O)CN1C(=O)c1ccc(C)cc1Br. The van der Waals surface area contributed by atoms with Crippen molar-refractivity contribution in [2.75, 3.05) is 6.54 Å². The van der Waals surface area contributed by atoms with Crippen molar-refractivity contribution in [3.63, 3.8) is 0 Å². The van der Waals surface area contributed by atoms with Crippen LogP contribution in [-0.2, 0) is 9.59 Å². The van der Waals surface area contributed by atoms with Crippen LogP contribution in [0.4, 0.5) is 0 Å². The quantitative estimate of drug-likeness (QED) is 0.833. The molecule has 0 radical (unpaired) electrons. The van der Waals surface area contributed by atoms with E-state index in [-0.39, 0.29) is 12.5 Å². The molecule has 0 saturated carbocycles. The van der Waals surface area contributed by atoms with Crippen LogP contribution in [0.2, 0.25) is 0 Å². The number of imide groups is 1. The zero-order valence-corrected chi connectivity index (χ0v) is 12.9. The lowest BCUT2D eigenvalue weighted by Crippen LogP contribution is -2.59. The highest BCUT2D eigenvalue weighted by Gasteiger charge is 2.36. The highest BCUT2D eigenvalue weighted by atomic mass is 79.9. The van der Waals surface area contributed by atoms with Crippen LogP contribution in [0.5, 0.6) is 0 Å². The Morgan fingerprint density at radius 3 is 2.75 bits per heavy atom. The molecule has 106 valence electrons. The summed E-state index contributed by atoms with van der Waals surface area (Å²) in [5.41, 5.74) is 1.48. The first-order valence-corrected chi connectivity index (χ1v) is 7.14. The lowest BCUT2D eigenvalue weighted by molar-refractivity contribution is -0.138. The van der Waals surface area contributed by atoms with Gasteiger partial charge in [0.25, 0.3) is 5.91 Å². The third-order valence-electron chi connectivity index (χ3n) is 3.26. The molecule has 0 aromatic heterocycles. The Hall–Kier alpha value is -1.69. The van der Waals surface area contributed by atoms with Gasteiger partial charge in [-0.05, 0) is 47.0 Å². The smallest absolute Gasteiger partial charge is 0.256 e. The molecule has 1 aliphatic rings. The Labute approximate surface area is 125 Å². The molecule has 1 unspecified atom stereocenters. The van der Waals surface area contributed by atoms with Crippen molar-refractivity contribution in [3.8, 4) is 0 Å². The molecule has 6 heteroatoms. The number of benzene rings is 1. The zero-order valence-electron chi connectivity index (χ0n) is 11.3. The third-order valence-corrected chi connectivity index (χ3v) is 3.91. The van der Waals surface area contributed by atoms with Gasteiger partial charge in [-0.25, -0.2) is 0 Å². The summed E-state index contributed by atoms with van der Waals surface area (Å²) >= 11 is 3.35. The number of rotatable bonds is 2. The lowest BCUT2D eigenvalue weighted by Gasteiger charge is -2.33. The molecule has 2 rings (SSSR count). The normalized spacial score (nSPS) is 18.9. The van der Waals surface area contributed by atoms with Gasteiger partial charge in [0.2, 0.25) is 11.8 Å². The van der Waals surface area contributed by atoms with E-state index < -0.39 is 17.9 Å². The summed E-state index contributed by atoms with van der Waals surface area (Å²) in [7, 11) is 0. The molecule has 3 amide bonds. The van der Waals surface area contributed by atoms with Crippen LogP contribution in [0.15, 0.2) is 22.7 Å². The summed E-state index contributed by atoms with van der Waals surface area (Å²) in [6.07, 6.45) is 0.467. The van der Waals surface area contributed by atoms with E-state index in [0.717, 1.165) is 5.56 Å². The van der Waals surface area contributed by atoms with Crippen molar-refractivity contribution in [1.82, 2.24) is 10.2 Å². The molecule has 1 heterocycles. The fourth-order valence-corrected chi connectivity index (χ4v) is 2.90. The molecular weight excluding hydrogens is 324 g/mol. The molecule has 1 saturated heterocycles. The lowest BCUT2D eigenvalue weighted by atomic mass is 10.1. The number of nitrogens with zero attached hydrogens (tertiary/aromatic N) is 1. The van der Waals surface area contributed by atoms with Crippen LogP contribution in [0.25, 0.3) is 0 Å². The van der Waals surface area contributed by atoms with Crippen molar-refractivity contribution < 1.29 is 14.4 Å². The summed E-state index contributed by atoms with van der Waals surface area (Å²) in [5.74, 6) is -1.18. The average molecular weight is 339 g/mol. The highest BCUT2D eigenvalue weighted by Crippen LogP contribution is 2.22. The molecule has 0 bridgehead atoms. The maximum absolute atomic E-state index is 12.6. The van der Waals surface area contributed by atoms with Gasteiger partial charge in [-0.15, -0.1) is 0 Å². The van der Waals surface area contributed by atoms with E-state index in [0.29, 0.717) is 16.5 Å². The van der Waals surface area contributed by atoms with Crippen LogP contribution in [0, 0.1) is 6.92 Å². The minimum atomic E-state index is -0.603. The number of carbonyl (C=O) groups is 3. The topological polar surface area (TPSA) is 66.5 Å². The van der Waals surface area contributed by atoms with E-state index in [1.807, 2.05) is 26.0 Å². The number of hydrogen-bond acceptors (Lipinski definition) is 3. The monoisotopic (exact) mass is 338 g/mol. The van der Waals surface area contributed by atoms with Crippen molar-refractivity contribution in [2.45, 2.75) is 26.3 Å². The molecule has 1 fully saturated rings. The second-order valence-corrected chi connectivity index (χ2v) is 5.61. The molecule has 1 aromatic carbocycles. The molecule has 0 spiro atoms. The van der Waals surface area contributed by atoms with Crippen molar-refractivity contribution in [1.29, 1.82) is 0 Å². The molecule has 0 aliphatic carbocycles. The van der Waals surface area contributed by atoms with Crippen LogP contribution >= 0.6 is 15.9 Å². The van der Waals surface area contributed by atoms with Crippen LogP contribution < -0.4 is 5.32 Å². The summed E-state index contributed by atoms with van der Waals surface area (Å²) in [4.78, 5) is 37.2. The van der Waals surface area contributed by atoms with Gasteiger partial charge in [-0.1, -0.05) is 13.0 Å². The van der Waals surface area contributed by atoms with Gasteiger partial charge in [0.15, 0.2) is 0 Å². The second-order valence-electron chi connectivity index (χ2n) is 4.75. The first-order valence-electron chi connectivity index (χ1n) is 6.35. The van der Waals surface area contributed by atoms with Crippen LogP contribution in [0.3, 0.4) is 0 Å². The highest BCUT2D eigenvalue weighted by molar-refractivity contribution is 9.10. The fourth-order valence-electron chi connectivity index (χ4n) is 2.23. The molecule has 1 aromatic rings. The largest absolute Gasteiger partial charge is 0.317 e. The number of amides is 3. The summed E-state index contributed by atoms with van der Waals surface area (Å²) < 4.78 is 0.663. The Bertz CT molecular complexity index is 586.